The third kappa shape index (κ3) is 3.10. The van der Waals surface area contributed by atoms with Gasteiger partial charge >= 0.3 is 0 Å². The summed E-state index contributed by atoms with van der Waals surface area (Å²) in [6.07, 6.45) is 0.999. The molecule has 6 heteroatoms. The molecule has 2 aromatic heterocycles. The Hall–Kier alpha value is -2.63. The average Bonchev–Trinajstić information content (AvgIpc) is 3.00. The van der Waals surface area contributed by atoms with E-state index in [1.54, 1.807) is 13.0 Å². The van der Waals surface area contributed by atoms with E-state index in [0.717, 1.165) is 16.7 Å². The maximum Gasteiger partial charge on any atom is 0.225 e. The standard InChI is InChI=1S/C15H15N3O3/c1-9-7-14(18-21-9)17-15(19)6-4-11-3-5-13-12(8-11)16-10(2)20-13/h3,5,7-8H,4,6H2,1-2H3,(H,17,18,19). The lowest BCUT2D eigenvalue weighted by Crippen LogP contribution is -2.12. The van der Waals surface area contributed by atoms with Crippen LogP contribution in [0.1, 0.15) is 23.6 Å². The lowest BCUT2D eigenvalue weighted by molar-refractivity contribution is -0.116. The molecule has 21 heavy (non-hydrogen) atoms. The molecule has 3 rings (SSSR count). The summed E-state index contributed by atoms with van der Waals surface area (Å²) in [5, 5.41) is 6.42. The zero-order valence-electron chi connectivity index (χ0n) is 11.8. The van der Waals surface area contributed by atoms with Gasteiger partial charge < -0.3 is 14.3 Å². The van der Waals surface area contributed by atoms with E-state index in [9.17, 15) is 4.79 Å². The van der Waals surface area contributed by atoms with E-state index >= 15 is 0 Å². The van der Waals surface area contributed by atoms with Gasteiger partial charge in [-0.05, 0) is 31.0 Å². The lowest BCUT2D eigenvalue weighted by Gasteiger charge is -2.02. The summed E-state index contributed by atoms with van der Waals surface area (Å²) in [5.41, 5.74) is 2.62. The molecule has 108 valence electrons. The van der Waals surface area contributed by atoms with Crippen LogP contribution in [0.4, 0.5) is 5.82 Å². The molecule has 0 aliphatic heterocycles. The predicted octanol–water partition coefficient (Wildman–Crippen LogP) is 3.00. The fraction of sp³-hybridized carbons (Fsp3) is 0.267. The van der Waals surface area contributed by atoms with Crippen molar-refractivity contribution >= 4 is 22.8 Å². The molecule has 0 unspecified atom stereocenters. The maximum absolute atomic E-state index is 11.8. The fourth-order valence-electron chi connectivity index (χ4n) is 2.13. The molecule has 0 saturated heterocycles. The number of oxazole rings is 1. The van der Waals surface area contributed by atoms with Gasteiger partial charge in [-0.15, -0.1) is 0 Å². The molecule has 0 radical (unpaired) electrons. The number of nitrogens with zero attached hydrogens (tertiary/aromatic N) is 2. The fourth-order valence-corrected chi connectivity index (χ4v) is 2.13. The van der Waals surface area contributed by atoms with Crippen molar-refractivity contribution < 1.29 is 13.7 Å². The van der Waals surface area contributed by atoms with Crippen molar-refractivity contribution in [1.29, 1.82) is 0 Å². The first-order valence-corrected chi connectivity index (χ1v) is 6.69. The number of amides is 1. The van der Waals surface area contributed by atoms with Gasteiger partial charge in [0.2, 0.25) is 5.91 Å². The Bertz CT molecular complexity index is 788. The van der Waals surface area contributed by atoms with Crippen molar-refractivity contribution in [2.45, 2.75) is 26.7 Å². The Kier molecular flexibility index (Phi) is 3.43. The second kappa shape index (κ2) is 5.40. The molecule has 0 spiro atoms. The quantitative estimate of drug-likeness (QED) is 0.797. The first-order chi connectivity index (χ1) is 10.1. The largest absolute Gasteiger partial charge is 0.441 e. The van der Waals surface area contributed by atoms with Crippen molar-refractivity contribution in [3.63, 3.8) is 0 Å². The van der Waals surface area contributed by atoms with Crippen LogP contribution in [0.15, 0.2) is 33.2 Å². The minimum atomic E-state index is -0.0975. The zero-order chi connectivity index (χ0) is 14.8. The van der Waals surface area contributed by atoms with Gasteiger partial charge in [-0.1, -0.05) is 11.2 Å². The number of benzene rings is 1. The summed E-state index contributed by atoms with van der Waals surface area (Å²) in [6.45, 7) is 3.59. The van der Waals surface area contributed by atoms with Gasteiger partial charge in [0.15, 0.2) is 17.3 Å². The van der Waals surface area contributed by atoms with Crippen LogP contribution in [0.5, 0.6) is 0 Å². The van der Waals surface area contributed by atoms with Gasteiger partial charge in [-0.3, -0.25) is 4.79 Å². The second-order valence-electron chi connectivity index (χ2n) is 4.91. The highest BCUT2D eigenvalue weighted by Gasteiger charge is 2.08. The first-order valence-electron chi connectivity index (χ1n) is 6.69. The van der Waals surface area contributed by atoms with Crippen LogP contribution in [-0.4, -0.2) is 16.0 Å². The number of rotatable bonds is 4. The number of carbonyl (C=O) groups excluding carboxylic acids is 1. The van der Waals surface area contributed by atoms with Gasteiger partial charge in [0.05, 0.1) is 0 Å². The molecule has 3 aromatic rings. The highest BCUT2D eigenvalue weighted by atomic mass is 16.5. The number of hydrogen-bond acceptors (Lipinski definition) is 5. The third-order valence-corrected chi connectivity index (χ3v) is 3.10. The lowest BCUT2D eigenvalue weighted by atomic mass is 10.1. The minimum absolute atomic E-state index is 0.0975. The molecule has 0 aliphatic carbocycles. The number of aryl methyl sites for hydroxylation is 3. The van der Waals surface area contributed by atoms with Crippen molar-refractivity contribution in [2.75, 3.05) is 5.32 Å². The van der Waals surface area contributed by atoms with Crippen molar-refractivity contribution in [2.24, 2.45) is 0 Å². The van der Waals surface area contributed by atoms with Crippen molar-refractivity contribution in [3.8, 4) is 0 Å². The molecule has 6 nitrogen and oxygen atoms in total. The van der Waals surface area contributed by atoms with E-state index in [2.05, 4.69) is 15.5 Å². The van der Waals surface area contributed by atoms with Gasteiger partial charge in [0, 0.05) is 19.4 Å². The number of anilines is 1. The van der Waals surface area contributed by atoms with Crippen LogP contribution >= 0.6 is 0 Å². The molecule has 0 atom stereocenters. The summed E-state index contributed by atoms with van der Waals surface area (Å²) in [7, 11) is 0. The predicted molar refractivity (Wildman–Crippen MR) is 76.9 cm³/mol. The highest BCUT2D eigenvalue weighted by molar-refractivity contribution is 5.89. The maximum atomic E-state index is 11.8. The van der Waals surface area contributed by atoms with E-state index in [1.807, 2.05) is 25.1 Å². The van der Waals surface area contributed by atoms with Crippen LogP contribution < -0.4 is 5.32 Å². The molecule has 1 aromatic carbocycles. The Morgan fingerprint density at radius 3 is 2.90 bits per heavy atom. The van der Waals surface area contributed by atoms with E-state index in [4.69, 9.17) is 8.94 Å². The third-order valence-electron chi connectivity index (χ3n) is 3.10. The Labute approximate surface area is 121 Å². The van der Waals surface area contributed by atoms with Crippen LogP contribution in [0.2, 0.25) is 0 Å². The van der Waals surface area contributed by atoms with Gasteiger partial charge in [0.1, 0.15) is 11.3 Å². The molecule has 1 amide bonds. The summed E-state index contributed by atoms with van der Waals surface area (Å²) >= 11 is 0. The topological polar surface area (TPSA) is 81.2 Å². The Morgan fingerprint density at radius 2 is 2.14 bits per heavy atom. The molecular formula is C15H15N3O3. The van der Waals surface area contributed by atoms with Crippen molar-refractivity contribution in [1.82, 2.24) is 10.1 Å². The van der Waals surface area contributed by atoms with Gasteiger partial charge in [0.25, 0.3) is 0 Å². The van der Waals surface area contributed by atoms with E-state index in [1.165, 1.54) is 0 Å². The Morgan fingerprint density at radius 1 is 1.29 bits per heavy atom. The second-order valence-corrected chi connectivity index (χ2v) is 4.91. The van der Waals surface area contributed by atoms with Gasteiger partial charge in [-0.25, -0.2) is 4.98 Å². The SMILES string of the molecule is Cc1cc(NC(=O)CCc2ccc3oc(C)nc3c2)no1. The van der Waals surface area contributed by atoms with Crippen LogP contribution in [0.3, 0.4) is 0 Å². The molecule has 1 N–H and O–H groups in total. The summed E-state index contributed by atoms with van der Waals surface area (Å²) in [5.74, 6) is 1.65. The van der Waals surface area contributed by atoms with Crippen LogP contribution in [0.25, 0.3) is 11.1 Å². The number of hydrogen-bond donors (Lipinski definition) is 1. The summed E-state index contributed by atoms with van der Waals surface area (Å²) in [6, 6.07) is 7.45. The highest BCUT2D eigenvalue weighted by Crippen LogP contribution is 2.18. The number of fused-ring (bicyclic) bond motifs is 1. The molecule has 0 fully saturated rings. The monoisotopic (exact) mass is 285 g/mol. The average molecular weight is 285 g/mol. The number of aromatic nitrogens is 2. The molecule has 2 heterocycles. The van der Waals surface area contributed by atoms with Crippen molar-refractivity contribution in [3.05, 3.63) is 41.5 Å². The summed E-state index contributed by atoms with van der Waals surface area (Å²) < 4.78 is 10.3. The zero-order valence-corrected chi connectivity index (χ0v) is 11.8. The minimum Gasteiger partial charge on any atom is -0.441 e. The van der Waals surface area contributed by atoms with Crippen LogP contribution in [-0.2, 0) is 11.2 Å². The van der Waals surface area contributed by atoms with E-state index in [0.29, 0.717) is 30.3 Å². The Balaban J connectivity index is 1.61. The van der Waals surface area contributed by atoms with Gasteiger partial charge in [-0.2, -0.15) is 0 Å². The number of nitrogens with one attached hydrogen (secondary N) is 1. The molecule has 0 bridgehead atoms. The van der Waals surface area contributed by atoms with E-state index < -0.39 is 0 Å². The number of carbonyl (C=O) groups is 1. The normalized spacial score (nSPS) is 11.0. The smallest absolute Gasteiger partial charge is 0.225 e. The van der Waals surface area contributed by atoms with Crippen LogP contribution in [0, 0.1) is 13.8 Å². The molecule has 0 aliphatic rings. The summed E-state index contributed by atoms with van der Waals surface area (Å²) in [4.78, 5) is 16.1. The molecular weight excluding hydrogens is 270 g/mol. The molecule has 0 saturated carbocycles. The first kappa shape index (κ1) is 13.4. The van der Waals surface area contributed by atoms with E-state index in [-0.39, 0.29) is 5.91 Å².